The highest BCUT2D eigenvalue weighted by Crippen LogP contribution is 2.28. The van der Waals surface area contributed by atoms with Crippen molar-refractivity contribution in [3.8, 4) is 5.69 Å². The molecule has 3 rings (SSSR count). The normalized spacial score (nSPS) is 11.5. The van der Waals surface area contributed by atoms with E-state index < -0.39 is 10.0 Å². The summed E-state index contributed by atoms with van der Waals surface area (Å²) < 4.78 is 29.2. The molecular formula is C27H38ClN5O3S. The second kappa shape index (κ2) is 14.1. The Morgan fingerprint density at radius 2 is 1.57 bits per heavy atom. The Balaban J connectivity index is 1.52. The summed E-state index contributed by atoms with van der Waals surface area (Å²) in [4.78, 5) is 12.5. The number of sulfonamides is 1. The van der Waals surface area contributed by atoms with Crippen molar-refractivity contribution < 1.29 is 8.42 Å². The Morgan fingerprint density at radius 1 is 0.919 bits per heavy atom. The zero-order valence-electron chi connectivity index (χ0n) is 21.4. The van der Waals surface area contributed by atoms with Crippen molar-refractivity contribution in [2.24, 2.45) is 0 Å². The maximum absolute atomic E-state index is 12.6. The number of aromatic nitrogens is 2. The summed E-state index contributed by atoms with van der Waals surface area (Å²) in [6.45, 7) is 2.22. The molecule has 0 radical (unpaired) electrons. The molecule has 0 saturated carbocycles. The number of unbranched alkanes of at least 4 members (excludes halogenated alkanes) is 9. The van der Waals surface area contributed by atoms with E-state index in [0.717, 1.165) is 19.3 Å². The number of rotatable bonds is 16. The van der Waals surface area contributed by atoms with E-state index >= 15 is 0 Å². The summed E-state index contributed by atoms with van der Waals surface area (Å²) in [7, 11) is -3.48. The number of nitrogens with two attached hydrogens (primary N) is 1. The largest absolute Gasteiger partial charge is 0.397 e. The molecule has 1 heterocycles. The third kappa shape index (κ3) is 9.16. The SMILES string of the molecule is CCCCCCCCCCCCS(=O)(=O)Nc1ccc(Cl)c(Nc2cc(=O)n(-c3ccccc3N)[nH]2)c1. The first-order valence-electron chi connectivity index (χ1n) is 13.0. The average molecular weight is 548 g/mol. The molecule has 0 aliphatic carbocycles. The Labute approximate surface area is 224 Å². The molecule has 0 fully saturated rings. The predicted molar refractivity (Wildman–Crippen MR) is 155 cm³/mol. The number of para-hydroxylation sites is 2. The van der Waals surface area contributed by atoms with Crippen molar-refractivity contribution in [2.75, 3.05) is 21.5 Å². The van der Waals surface area contributed by atoms with Gasteiger partial charge in [0.15, 0.2) is 0 Å². The van der Waals surface area contributed by atoms with Crippen molar-refractivity contribution in [2.45, 2.75) is 71.1 Å². The molecule has 0 spiro atoms. The predicted octanol–water partition coefficient (Wildman–Crippen LogP) is 6.81. The van der Waals surface area contributed by atoms with Gasteiger partial charge in [-0.3, -0.25) is 14.6 Å². The van der Waals surface area contributed by atoms with Crippen molar-refractivity contribution in [3.63, 3.8) is 0 Å². The zero-order chi connectivity index (χ0) is 26.7. The van der Waals surface area contributed by atoms with Gasteiger partial charge in [0.2, 0.25) is 10.0 Å². The lowest BCUT2D eigenvalue weighted by molar-refractivity contribution is 0.558. The van der Waals surface area contributed by atoms with Gasteiger partial charge in [-0.25, -0.2) is 13.1 Å². The lowest BCUT2D eigenvalue weighted by Gasteiger charge is -2.12. The monoisotopic (exact) mass is 547 g/mol. The van der Waals surface area contributed by atoms with E-state index in [4.69, 9.17) is 17.3 Å². The molecule has 0 amide bonds. The Kier molecular flexibility index (Phi) is 11.0. The minimum atomic E-state index is -3.48. The summed E-state index contributed by atoms with van der Waals surface area (Å²) in [5.74, 6) is 0.462. The van der Waals surface area contributed by atoms with E-state index in [9.17, 15) is 13.2 Å². The molecular weight excluding hydrogens is 510 g/mol. The fourth-order valence-electron chi connectivity index (χ4n) is 4.17. The van der Waals surface area contributed by atoms with Gasteiger partial charge in [-0.1, -0.05) is 88.4 Å². The summed E-state index contributed by atoms with van der Waals surface area (Å²) in [6, 6.07) is 13.2. The van der Waals surface area contributed by atoms with Crippen LogP contribution in [0, 0.1) is 0 Å². The smallest absolute Gasteiger partial charge is 0.273 e. The van der Waals surface area contributed by atoms with Gasteiger partial charge in [0.25, 0.3) is 5.56 Å². The Hall–Kier alpha value is -2.91. The Morgan fingerprint density at radius 3 is 2.24 bits per heavy atom. The number of benzene rings is 2. The highest BCUT2D eigenvalue weighted by molar-refractivity contribution is 7.92. The van der Waals surface area contributed by atoms with Crippen molar-refractivity contribution in [1.29, 1.82) is 0 Å². The van der Waals surface area contributed by atoms with Crippen LogP contribution in [0.15, 0.2) is 53.3 Å². The quantitative estimate of drug-likeness (QED) is 0.116. The van der Waals surface area contributed by atoms with Crippen LogP contribution in [-0.2, 0) is 10.0 Å². The molecule has 8 nitrogen and oxygen atoms in total. The molecule has 0 aliphatic rings. The lowest BCUT2D eigenvalue weighted by Crippen LogP contribution is -2.16. The summed E-state index contributed by atoms with van der Waals surface area (Å²) in [6.07, 6.45) is 11.4. The topological polar surface area (TPSA) is 122 Å². The number of nitrogens with zero attached hydrogens (tertiary/aromatic N) is 1. The fraction of sp³-hybridized carbons (Fsp3) is 0.444. The molecule has 0 unspecified atom stereocenters. The average Bonchev–Trinajstić information content (AvgIpc) is 3.22. The second-order valence-corrected chi connectivity index (χ2v) is 11.6. The number of hydrogen-bond donors (Lipinski definition) is 4. The first-order valence-corrected chi connectivity index (χ1v) is 15.1. The van der Waals surface area contributed by atoms with Crippen LogP contribution in [0.5, 0.6) is 0 Å². The maximum Gasteiger partial charge on any atom is 0.273 e. The molecule has 0 bridgehead atoms. The third-order valence-electron chi connectivity index (χ3n) is 6.17. The van der Waals surface area contributed by atoms with Gasteiger partial charge in [-0.15, -0.1) is 0 Å². The Bertz CT molecular complexity index is 1300. The standard InChI is InChI=1S/C27H38ClN5O3S/c1-2-3-4-5-6-7-8-9-10-13-18-37(35,36)32-21-16-17-22(28)24(19-21)30-26-20-27(34)33(31-26)25-15-12-11-14-23(25)29/h11-12,14-17,19-20,30-32H,2-10,13,18,29H2,1H3. The molecule has 0 saturated heterocycles. The van der Waals surface area contributed by atoms with Gasteiger partial charge in [-0.2, -0.15) is 0 Å². The van der Waals surface area contributed by atoms with Gasteiger partial charge in [0.05, 0.1) is 33.5 Å². The van der Waals surface area contributed by atoms with E-state index in [1.807, 2.05) is 0 Å². The van der Waals surface area contributed by atoms with E-state index in [0.29, 0.717) is 40.0 Å². The first-order chi connectivity index (χ1) is 17.8. The van der Waals surface area contributed by atoms with Crippen LogP contribution >= 0.6 is 11.6 Å². The van der Waals surface area contributed by atoms with Crippen LogP contribution in [0.3, 0.4) is 0 Å². The molecule has 202 valence electrons. The van der Waals surface area contributed by atoms with Crippen LogP contribution in [0.1, 0.15) is 71.1 Å². The van der Waals surface area contributed by atoms with Crippen molar-refractivity contribution in [1.82, 2.24) is 9.78 Å². The number of H-pyrrole nitrogens is 1. The molecule has 1 aromatic heterocycles. The van der Waals surface area contributed by atoms with E-state index in [1.54, 1.807) is 42.5 Å². The highest BCUT2D eigenvalue weighted by atomic mass is 35.5. The van der Waals surface area contributed by atoms with Crippen LogP contribution in [0.25, 0.3) is 5.69 Å². The number of nitrogens with one attached hydrogen (secondary N) is 3. The molecule has 5 N–H and O–H groups in total. The molecule has 0 aliphatic heterocycles. The minimum absolute atomic E-state index is 0.0730. The summed E-state index contributed by atoms with van der Waals surface area (Å²) in [5, 5.41) is 6.39. The first kappa shape index (κ1) is 28.7. The van der Waals surface area contributed by atoms with Gasteiger partial charge in [-0.05, 0) is 36.8 Å². The molecule has 3 aromatic rings. The van der Waals surface area contributed by atoms with E-state index in [-0.39, 0.29) is 11.3 Å². The van der Waals surface area contributed by atoms with Gasteiger partial charge < -0.3 is 11.1 Å². The number of aromatic amines is 1. The number of anilines is 4. The lowest BCUT2D eigenvalue weighted by atomic mass is 10.1. The van der Waals surface area contributed by atoms with Gasteiger partial charge >= 0.3 is 0 Å². The highest BCUT2D eigenvalue weighted by Gasteiger charge is 2.13. The van der Waals surface area contributed by atoms with Crippen LogP contribution in [0.2, 0.25) is 5.02 Å². The van der Waals surface area contributed by atoms with Crippen LogP contribution < -0.4 is 21.3 Å². The number of halogens is 1. The van der Waals surface area contributed by atoms with Gasteiger partial charge in [0.1, 0.15) is 5.82 Å². The van der Waals surface area contributed by atoms with E-state index in [2.05, 4.69) is 22.1 Å². The van der Waals surface area contributed by atoms with Gasteiger partial charge in [0, 0.05) is 6.07 Å². The second-order valence-electron chi connectivity index (χ2n) is 9.32. The third-order valence-corrected chi connectivity index (χ3v) is 7.88. The van der Waals surface area contributed by atoms with Crippen molar-refractivity contribution in [3.05, 3.63) is 63.9 Å². The molecule has 10 heteroatoms. The fourth-order valence-corrected chi connectivity index (χ4v) is 5.51. The summed E-state index contributed by atoms with van der Waals surface area (Å²) in [5.41, 5.74) is 7.52. The molecule has 0 atom stereocenters. The van der Waals surface area contributed by atoms with Crippen LogP contribution in [-0.4, -0.2) is 24.0 Å². The molecule has 2 aromatic carbocycles. The number of nitrogen functional groups attached to an aromatic ring is 1. The maximum atomic E-state index is 12.6. The van der Waals surface area contributed by atoms with E-state index in [1.165, 1.54) is 49.3 Å². The summed E-state index contributed by atoms with van der Waals surface area (Å²) >= 11 is 6.33. The number of hydrogen-bond acceptors (Lipinski definition) is 5. The van der Waals surface area contributed by atoms with Crippen LogP contribution in [0.4, 0.5) is 22.9 Å². The van der Waals surface area contributed by atoms with Crippen molar-refractivity contribution >= 4 is 44.5 Å². The molecule has 37 heavy (non-hydrogen) atoms. The zero-order valence-corrected chi connectivity index (χ0v) is 23.0. The minimum Gasteiger partial charge on any atom is -0.397 e.